The fourth-order valence-electron chi connectivity index (χ4n) is 2.38. The smallest absolute Gasteiger partial charge is 0.342 e. The summed E-state index contributed by atoms with van der Waals surface area (Å²) >= 11 is 0. The zero-order valence-electron chi connectivity index (χ0n) is 9.98. The van der Waals surface area contributed by atoms with Crippen LogP contribution in [0.3, 0.4) is 0 Å². The van der Waals surface area contributed by atoms with Crippen molar-refractivity contribution < 1.29 is 13.2 Å². The Balaban J connectivity index is 1.88. The Bertz CT molecular complexity index is 557. The normalized spacial score (nSPS) is 20.1. The van der Waals surface area contributed by atoms with Gasteiger partial charge in [0.15, 0.2) is 11.6 Å². The summed E-state index contributed by atoms with van der Waals surface area (Å²) in [5.74, 6) is 0.365. The highest BCUT2D eigenvalue weighted by Crippen LogP contribution is 2.35. The van der Waals surface area contributed by atoms with Crippen LogP contribution in [-0.2, 0) is 13.0 Å². The number of hydrogen-bond acceptors (Lipinski definition) is 3. The molecule has 5 nitrogen and oxygen atoms in total. The lowest BCUT2D eigenvalue weighted by Gasteiger charge is -2.17. The van der Waals surface area contributed by atoms with Crippen molar-refractivity contribution in [1.82, 2.24) is 24.7 Å². The van der Waals surface area contributed by atoms with Gasteiger partial charge in [0.1, 0.15) is 5.82 Å². The molecule has 1 N–H and O–H groups in total. The molecule has 0 amide bonds. The van der Waals surface area contributed by atoms with Gasteiger partial charge in [-0.25, -0.2) is 4.98 Å². The zero-order valence-corrected chi connectivity index (χ0v) is 9.98. The first kappa shape index (κ1) is 12.2. The standard InChI is InChI=1S/C11H12F3N5/c12-11(13,14)7-1-2-8-17-18-10(19(8)6-3-7)9-15-4-5-16-9/h4-5,7H,1-3,6H2,(H,15,16). The number of aromatic amines is 1. The Morgan fingerprint density at radius 1 is 1.26 bits per heavy atom. The van der Waals surface area contributed by atoms with Crippen molar-refractivity contribution in [3.05, 3.63) is 18.2 Å². The molecule has 0 fully saturated rings. The predicted molar refractivity (Wildman–Crippen MR) is 60.1 cm³/mol. The van der Waals surface area contributed by atoms with E-state index in [2.05, 4.69) is 20.2 Å². The van der Waals surface area contributed by atoms with Crippen molar-refractivity contribution in [2.24, 2.45) is 5.92 Å². The molecule has 3 rings (SSSR count). The molecule has 2 aromatic rings. The Labute approximate surface area is 106 Å². The van der Waals surface area contributed by atoms with Crippen molar-refractivity contribution in [1.29, 1.82) is 0 Å². The van der Waals surface area contributed by atoms with Gasteiger partial charge in [0.05, 0.1) is 5.92 Å². The molecule has 0 saturated heterocycles. The molecular formula is C11H12F3N5. The molecule has 0 bridgehead atoms. The molecule has 3 heterocycles. The van der Waals surface area contributed by atoms with Crippen LogP contribution in [0, 0.1) is 5.92 Å². The molecule has 1 unspecified atom stereocenters. The number of fused-ring (bicyclic) bond motifs is 1. The number of alkyl halides is 3. The minimum absolute atomic E-state index is 0.0578. The fourth-order valence-corrected chi connectivity index (χ4v) is 2.38. The van der Waals surface area contributed by atoms with Crippen molar-refractivity contribution >= 4 is 0 Å². The molecule has 1 atom stereocenters. The lowest BCUT2D eigenvalue weighted by atomic mass is 10.00. The summed E-state index contributed by atoms with van der Waals surface area (Å²) in [6.45, 7) is 0.266. The van der Waals surface area contributed by atoms with E-state index in [9.17, 15) is 13.2 Å². The Kier molecular flexibility index (Phi) is 2.79. The van der Waals surface area contributed by atoms with Crippen molar-refractivity contribution in [3.63, 3.8) is 0 Å². The number of rotatable bonds is 1. The minimum Gasteiger partial charge on any atom is -0.342 e. The first-order valence-electron chi connectivity index (χ1n) is 6.04. The molecular weight excluding hydrogens is 259 g/mol. The summed E-state index contributed by atoms with van der Waals surface area (Å²) in [7, 11) is 0. The summed E-state index contributed by atoms with van der Waals surface area (Å²) in [4.78, 5) is 6.96. The summed E-state index contributed by atoms with van der Waals surface area (Å²) in [5.41, 5.74) is 0. The largest absolute Gasteiger partial charge is 0.391 e. The Morgan fingerprint density at radius 2 is 2.11 bits per heavy atom. The third kappa shape index (κ3) is 2.22. The Morgan fingerprint density at radius 3 is 2.79 bits per heavy atom. The molecule has 0 saturated carbocycles. The third-order valence-electron chi connectivity index (χ3n) is 3.42. The number of halogens is 3. The van der Waals surface area contributed by atoms with Gasteiger partial charge in [-0.1, -0.05) is 0 Å². The van der Waals surface area contributed by atoms with Gasteiger partial charge in [-0.15, -0.1) is 10.2 Å². The van der Waals surface area contributed by atoms with E-state index >= 15 is 0 Å². The van der Waals surface area contributed by atoms with Gasteiger partial charge in [0.25, 0.3) is 0 Å². The fraction of sp³-hybridized carbons (Fsp3) is 0.545. The van der Waals surface area contributed by atoms with Gasteiger partial charge < -0.3 is 9.55 Å². The monoisotopic (exact) mass is 271 g/mol. The van der Waals surface area contributed by atoms with Crippen LogP contribution in [0.4, 0.5) is 13.2 Å². The quantitative estimate of drug-likeness (QED) is 0.864. The average Bonchev–Trinajstić information content (AvgIpc) is 2.93. The number of aromatic nitrogens is 5. The predicted octanol–water partition coefficient (Wildman–Crippen LogP) is 2.18. The van der Waals surface area contributed by atoms with Crippen LogP contribution in [0.25, 0.3) is 11.6 Å². The number of imidazole rings is 1. The lowest BCUT2D eigenvalue weighted by molar-refractivity contribution is -0.177. The molecule has 2 aromatic heterocycles. The molecule has 8 heteroatoms. The average molecular weight is 271 g/mol. The number of H-pyrrole nitrogens is 1. The topological polar surface area (TPSA) is 59.4 Å². The van der Waals surface area contributed by atoms with Gasteiger partial charge in [-0.2, -0.15) is 13.2 Å². The minimum atomic E-state index is -4.14. The molecule has 1 aliphatic heterocycles. The number of nitrogens with zero attached hydrogens (tertiary/aromatic N) is 4. The first-order chi connectivity index (χ1) is 9.05. The van der Waals surface area contributed by atoms with Gasteiger partial charge in [-0.3, -0.25) is 0 Å². The number of aryl methyl sites for hydroxylation is 1. The van der Waals surface area contributed by atoms with Crippen molar-refractivity contribution in [3.8, 4) is 11.6 Å². The van der Waals surface area contributed by atoms with E-state index in [1.165, 1.54) is 0 Å². The van der Waals surface area contributed by atoms with E-state index in [4.69, 9.17) is 0 Å². The molecule has 19 heavy (non-hydrogen) atoms. The van der Waals surface area contributed by atoms with Crippen molar-refractivity contribution in [2.75, 3.05) is 0 Å². The van der Waals surface area contributed by atoms with Gasteiger partial charge in [0.2, 0.25) is 0 Å². The number of hydrogen-bond donors (Lipinski definition) is 1. The van der Waals surface area contributed by atoms with E-state index in [1.54, 1.807) is 17.0 Å². The van der Waals surface area contributed by atoms with Crippen LogP contribution in [-0.4, -0.2) is 30.9 Å². The maximum atomic E-state index is 12.8. The second kappa shape index (κ2) is 4.36. The van der Waals surface area contributed by atoms with E-state index in [1.807, 2.05) is 0 Å². The summed E-state index contributed by atoms with van der Waals surface area (Å²) in [5, 5.41) is 7.98. The van der Waals surface area contributed by atoms with Crippen LogP contribution < -0.4 is 0 Å². The van der Waals surface area contributed by atoms with Gasteiger partial charge >= 0.3 is 6.18 Å². The number of nitrogens with one attached hydrogen (secondary N) is 1. The maximum Gasteiger partial charge on any atom is 0.391 e. The van der Waals surface area contributed by atoms with E-state index in [-0.39, 0.29) is 25.8 Å². The summed E-state index contributed by atoms with van der Waals surface area (Å²) in [6.07, 6.45) is -0.499. The van der Waals surface area contributed by atoms with Crippen LogP contribution in [0.2, 0.25) is 0 Å². The van der Waals surface area contributed by atoms with Crippen LogP contribution in [0.5, 0.6) is 0 Å². The SMILES string of the molecule is FC(F)(F)C1CCc2nnc(-c3ncc[nH]3)n2CC1. The third-order valence-corrected chi connectivity index (χ3v) is 3.42. The second-order valence-electron chi connectivity index (χ2n) is 4.60. The van der Waals surface area contributed by atoms with Crippen LogP contribution in [0.15, 0.2) is 12.4 Å². The molecule has 0 spiro atoms. The van der Waals surface area contributed by atoms with Crippen LogP contribution >= 0.6 is 0 Å². The molecule has 1 aliphatic rings. The second-order valence-corrected chi connectivity index (χ2v) is 4.60. The van der Waals surface area contributed by atoms with E-state index < -0.39 is 12.1 Å². The summed E-state index contributed by atoms with van der Waals surface area (Å²) < 4.78 is 40.0. The van der Waals surface area contributed by atoms with Gasteiger partial charge in [-0.05, 0) is 12.8 Å². The zero-order chi connectivity index (χ0) is 13.5. The molecule has 0 aliphatic carbocycles. The lowest BCUT2D eigenvalue weighted by Crippen LogP contribution is -2.23. The van der Waals surface area contributed by atoms with Crippen molar-refractivity contribution in [2.45, 2.75) is 32.0 Å². The molecule has 102 valence electrons. The molecule has 0 aromatic carbocycles. The summed E-state index contributed by atoms with van der Waals surface area (Å²) in [6, 6.07) is 0. The van der Waals surface area contributed by atoms with E-state index in [0.29, 0.717) is 17.5 Å². The van der Waals surface area contributed by atoms with Crippen LogP contribution in [0.1, 0.15) is 18.7 Å². The highest BCUT2D eigenvalue weighted by Gasteiger charge is 2.40. The maximum absolute atomic E-state index is 12.8. The highest BCUT2D eigenvalue weighted by atomic mass is 19.4. The highest BCUT2D eigenvalue weighted by molar-refractivity contribution is 5.43. The van der Waals surface area contributed by atoms with E-state index in [0.717, 1.165) is 0 Å². The Hall–Kier alpha value is -1.86. The molecule has 0 radical (unpaired) electrons. The first-order valence-corrected chi connectivity index (χ1v) is 6.04. The van der Waals surface area contributed by atoms with Gasteiger partial charge in [0, 0.05) is 25.4 Å².